The van der Waals surface area contributed by atoms with Gasteiger partial charge in [-0.25, -0.2) is 0 Å². The maximum Gasteiger partial charge on any atom is 0.271 e. The van der Waals surface area contributed by atoms with E-state index in [-0.39, 0.29) is 11.6 Å². The number of benzene rings is 2. The van der Waals surface area contributed by atoms with Crippen molar-refractivity contribution in [3.8, 4) is 0 Å². The van der Waals surface area contributed by atoms with Gasteiger partial charge in [-0.3, -0.25) is 14.9 Å². The van der Waals surface area contributed by atoms with E-state index in [9.17, 15) is 14.9 Å². The Morgan fingerprint density at radius 1 is 1.10 bits per heavy atom. The Bertz CT molecular complexity index is 638. The molecule has 20 heavy (non-hydrogen) atoms. The van der Waals surface area contributed by atoms with Crippen molar-refractivity contribution in [1.82, 2.24) is 5.32 Å². The molecule has 0 fully saturated rings. The van der Waals surface area contributed by atoms with Crippen LogP contribution >= 0.6 is 0 Å². The van der Waals surface area contributed by atoms with Crippen LogP contribution in [0.25, 0.3) is 0 Å². The lowest BCUT2D eigenvalue weighted by Crippen LogP contribution is -2.17. The fourth-order valence-electron chi connectivity index (χ4n) is 1.71. The maximum atomic E-state index is 11.4. The molecule has 6 nitrogen and oxygen atoms in total. The summed E-state index contributed by atoms with van der Waals surface area (Å²) < 4.78 is 0. The summed E-state index contributed by atoms with van der Waals surface area (Å²) in [5.41, 5.74) is 1.94. The van der Waals surface area contributed by atoms with Crippen molar-refractivity contribution in [2.24, 2.45) is 0 Å². The van der Waals surface area contributed by atoms with Crippen molar-refractivity contribution in [2.75, 3.05) is 12.4 Å². The van der Waals surface area contributed by atoms with Crippen LogP contribution in [0.2, 0.25) is 0 Å². The minimum Gasteiger partial charge on any atom is -0.355 e. The van der Waals surface area contributed by atoms with Crippen LogP contribution in [0.5, 0.6) is 0 Å². The lowest BCUT2D eigenvalue weighted by Gasteiger charge is -2.07. The quantitative estimate of drug-likeness (QED) is 0.661. The monoisotopic (exact) mass is 271 g/mol. The fourth-order valence-corrected chi connectivity index (χ4v) is 1.71. The van der Waals surface area contributed by atoms with E-state index in [0.29, 0.717) is 11.3 Å². The number of nitro groups is 1. The molecule has 102 valence electrons. The van der Waals surface area contributed by atoms with Crippen molar-refractivity contribution in [2.45, 2.75) is 0 Å². The van der Waals surface area contributed by atoms with Crippen LogP contribution in [0.1, 0.15) is 10.4 Å². The van der Waals surface area contributed by atoms with Gasteiger partial charge >= 0.3 is 0 Å². The van der Waals surface area contributed by atoms with E-state index < -0.39 is 4.92 Å². The first-order valence-corrected chi connectivity index (χ1v) is 5.94. The molecule has 6 heteroatoms. The summed E-state index contributed by atoms with van der Waals surface area (Å²) in [5, 5.41) is 16.3. The molecule has 0 aliphatic carbocycles. The topological polar surface area (TPSA) is 84.3 Å². The molecule has 0 saturated carbocycles. The first-order valence-electron chi connectivity index (χ1n) is 5.94. The molecule has 0 atom stereocenters. The predicted octanol–water partition coefficient (Wildman–Crippen LogP) is 2.70. The van der Waals surface area contributed by atoms with Gasteiger partial charge in [-0.2, -0.15) is 0 Å². The smallest absolute Gasteiger partial charge is 0.271 e. The second-order valence-corrected chi connectivity index (χ2v) is 4.09. The van der Waals surface area contributed by atoms with Crippen LogP contribution in [0, 0.1) is 10.1 Å². The molecule has 0 heterocycles. The van der Waals surface area contributed by atoms with E-state index in [1.807, 2.05) is 0 Å². The SMILES string of the molecule is CNC(=O)c1ccc(Nc2cccc([N+](=O)[O-])c2)cc1. The molecule has 0 saturated heterocycles. The molecule has 0 unspecified atom stereocenters. The number of non-ortho nitro benzene ring substituents is 1. The van der Waals surface area contributed by atoms with Gasteiger partial charge in [-0.15, -0.1) is 0 Å². The van der Waals surface area contributed by atoms with E-state index in [1.54, 1.807) is 43.4 Å². The van der Waals surface area contributed by atoms with Gasteiger partial charge in [0, 0.05) is 36.1 Å². The molecule has 0 aliphatic heterocycles. The lowest BCUT2D eigenvalue weighted by atomic mass is 10.2. The number of carbonyl (C=O) groups is 1. The maximum absolute atomic E-state index is 11.4. The fraction of sp³-hybridized carbons (Fsp3) is 0.0714. The Morgan fingerprint density at radius 2 is 1.80 bits per heavy atom. The highest BCUT2D eigenvalue weighted by molar-refractivity contribution is 5.94. The van der Waals surface area contributed by atoms with Crippen molar-refractivity contribution < 1.29 is 9.72 Å². The van der Waals surface area contributed by atoms with Gasteiger partial charge in [0.05, 0.1) is 4.92 Å². The third kappa shape index (κ3) is 3.11. The number of nitrogens with zero attached hydrogens (tertiary/aromatic N) is 1. The minimum atomic E-state index is -0.445. The second kappa shape index (κ2) is 5.83. The number of hydrogen-bond donors (Lipinski definition) is 2. The highest BCUT2D eigenvalue weighted by Gasteiger charge is 2.06. The molecular weight excluding hydrogens is 258 g/mol. The molecule has 2 aromatic rings. The summed E-state index contributed by atoms with van der Waals surface area (Å²) >= 11 is 0. The van der Waals surface area contributed by atoms with Crippen LogP contribution in [-0.4, -0.2) is 17.9 Å². The summed E-state index contributed by atoms with van der Waals surface area (Å²) in [4.78, 5) is 21.6. The Hall–Kier alpha value is -2.89. The molecule has 0 spiro atoms. The van der Waals surface area contributed by atoms with Gasteiger partial charge in [0.25, 0.3) is 11.6 Å². The summed E-state index contributed by atoms with van der Waals surface area (Å²) in [5.74, 6) is -0.160. The lowest BCUT2D eigenvalue weighted by molar-refractivity contribution is -0.384. The molecule has 2 aromatic carbocycles. The number of hydrogen-bond acceptors (Lipinski definition) is 4. The molecule has 2 rings (SSSR count). The Balaban J connectivity index is 2.16. The van der Waals surface area contributed by atoms with Gasteiger partial charge in [-0.05, 0) is 30.3 Å². The number of carbonyl (C=O) groups excluding carboxylic acids is 1. The predicted molar refractivity (Wildman–Crippen MR) is 76.2 cm³/mol. The number of nitro benzene ring substituents is 1. The van der Waals surface area contributed by atoms with Crippen LogP contribution < -0.4 is 10.6 Å². The van der Waals surface area contributed by atoms with E-state index in [1.165, 1.54) is 12.1 Å². The summed E-state index contributed by atoms with van der Waals surface area (Å²) in [7, 11) is 1.57. The number of amides is 1. The first kappa shape index (κ1) is 13.5. The van der Waals surface area contributed by atoms with Gasteiger partial charge in [-0.1, -0.05) is 6.07 Å². The average molecular weight is 271 g/mol. The molecule has 0 aliphatic rings. The number of rotatable bonds is 4. The van der Waals surface area contributed by atoms with Crippen molar-refractivity contribution >= 4 is 23.0 Å². The normalized spacial score (nSPS) is 9.85. The summed E-state index contributed by atoms with van der Waals surface area (Å²) in [6, 6.07) is 13.1. The van der Waals surface area contributed by atoms with Gasteiger partial charge in [0.2, 0.25) is 0 Å². The zero-order chi connectivity index (χ0) is 14.5. The zero-order valence-corrected chi connectivity index (χ0v) is 10.8. The highest BCUT2D eigenvalue weighted by Crippen LogP contribution is 2.21. The van der Waals surface area contributed by atoms with Crippen molar-refractivity contribution in [3.63, 3.8) is 0 Å². The first-order chi connectivity index (χ1) is 9.60. The molecule has 0 radical (unpaired) electrons. The molecule has 2 N–H and O–H groups in total. The summed E-state index contributed by atoms with van der Waals surface area (Å²) in [6.45, 7) is 0. The van der Waals surface area contributed by atoms with Crippen LogP contribution in [-0.2, 0) is 0 Å². The number of nitrogens with one attached hydrogen (secondary N) is 2. The molecular formula is C14H13N3O3. The van der Waals surface area contributed by atoms with Gasteiger partial charge in [0.1, 0.15) is 0 Å². The van der Waals surface area contributed by atoms with E-state index >= 15 is 0 Å². The Morgan fingerprint density at radius 3 is 2.40 bits per heavy atom. The van der Waals surface area contributed by atoms with Crippen molar-refractivity contribution in [1.29, 1.82) is 0 Å². The standard InChI is InChI=1S/C14H13N3O3/c1-15-14(18)10-5-7-11(8-6-10)16-12-3-2-4-13(9-12)17(19)20/h2-9,16H,1H3,(H,15,18). The van der Waals surface area contributed by atoms with Crippen molar-refractivity contribution in [3.05, 3.63) is 64.2 Å². The van der Waals surface area contributed by atoms with Gasteiger partial charge in [0.15, 0.2) is 0 Å². The third-order valence-electron chi connectivity index (χ3n) is 2.72. The van der Waals surface area contributed by atoms with E-state index in [4.69, 9.17) is 0 Å². The average Bonchev–Trinajstić information content (AvgIpc) is 2.47. The highest BCUT2D eigenvalue weighted by atomic mass is 16.6. The number of anilines is 2. The van der Waals surface area contributed by atoms with Gasteiger partial charge < -0.3 is 10.6 Å². The third-order valence-corrected chi connectivity index (χ3v) is 2.72. The van der Waals surface area contributed by atoms with E-state index in [2.05, 4.69) is 10.6 Å². The summed E-state index contributed by atoms with van der Waals surface area (Å²) in [6.07, 6.45) is 0. The zero-order valence-electron chi connectivity index (χ0n) is 10.8. The second-order valence-electron chi connectivity index (χ2n) is 4.09. The van der Waals surface area contributed by atoms with Crippen LogP contribution in [0.4, 0.5) is 17.1 Å². The van der Waals surface area contributed by atoms with E-state index in [0.717, 1.165) is 5.69 Å². The van der Waals surface area contributed by atoms with Crippen LogP contribution in [0.15, 0.2) is 48.5 Å². The Labute approximate surface area is 115 Å². The minimum absolute atomic E-state index is 0.0250. The molecule has 0 bridgehead atoms. The van der Waals surface area contributed by atoms with Crippen LogP contribution in [0.3, 0.4) is 0 Å². The largest absolute Gasteiger partial charge is 0.355 e. The molecule has 1 amide bonds. The molecule has 0 aromatic heterocycles. The Kier molecular flexibility index (Phi) is 3.95.